The molecule has 2 aromatic heterocycles. The van der Waals surface area contributed by atoms with E-state index in [1.807, 2.05) is 24.3 Å². The largest absolute Gasteiger partial charge is 0.481 e. The third-order valence-electron chi connectivity index (χ3n) is 4.31. The fourth-order valence-corrected chi connectivity index (χ4v) is 3.96. The molecule has 26 heavy (non-hydrogen) atoms. The number of aliphatic carboxylic acids is 1. The van der Waals surface area contributed by atoms with Gasteiger partial charge in [0.25, 0.3) is 5.91 Å². The van der Waals surface area contributed by atoms with Crippen molar-refractivity contribution in [3.05, 3.63) is 42.2 Å². The molecule has 2 N–H and O–H groups in total. The van der Waals surface area contributed by atoms with Gasteiger partial charge in [-0.3, -0.25) is 9.59 Å². The highest BCUT2D eigenvalue weighted by atomic mass is 32.1. The normalized spacial score (nSPS) is 19.7. The maximum atomic E-state index is 12.5. The number of rotatable bonds is 5. The Labute approximate surface area is 152 Å². The molecule has 0 radical (unpaired) electrons. The number of ether oxygens (including phenoxy) is 1. The van der Waals surface area contributed by atoms with Gasteiger partial charge in [-0.1, -0.05) is 12.1 Å². The molecule has 0 bridgehead atoms. The SMILES string of the molecule is O=C(O)CC1(NC(=O)c2ccc(-c3nc4ccccc4s3)o2)CCOC1. The third-order valence-corrected chi connectivity index (χ3v) is 5.36. The summed E-state index contributed by atoms with van der Waals surface area (Å²) in [5.74, 6) is -0.809. The van der Waals surface area contributed by atoms with Crippen molar-refractivity contribution in [1.82, 2.24) is 10.3 Å². The number of aromatic nitrogens is 1. The fourth-order valence-electron chi connectivity index (χ4n) is 3.03. The van der Waals surface area contributed by atoms with Crippen LogP contribution in [0, 0.1) is 0 Å². The first-order chi connectivity index (χ1) is 12.5. The second-order valence-electron chi connectivity index (χ2n) is 6.26. The molecule has 0 spiro atoms. The van der Waals surface area contributed by atoms with Crippen LogP contribution in [-0.4, -0.2) is 40.7 Å². The van der Waals surface area contributed by atoms with Crippen LogP contribution in [0.3, 0.4) is 0 Å². The molecule has 1 aromatic carbocycles. The van der Waals surface area contributed by atoms with Gasteiger partial charge in [0.05, 0.1) is 28.8 Å². The topological polar surface area (TPSA) is 102 Å². The summed E-state index contributed by atoms with van der Waals surface area (Å²) < 4.78 is 12.0. The maximum Gasteiger partial charge on any atom is 0.305 e. The first-order valence-electron chi connectivity index (χ1n) is 8.13. The Kier molecular flexibility index (Phi) is 4.21. The van der Waals surface area contributed by atoms with Gasteiger partial charge in [0.15, 0.2) is 16.5 Å². The molecule has 3 heterocycles. The predicted molar refractivity (Wildman–Crippen MR) is 95.2 cm³/mol. The van der Waals surface area contributed by atoms with Gasteiger partial charge in [0, 0.05) is 6.61 Å². The highest BCUT2D eigenvalue weighted by Gasteiger charge is 2.39. The second-order valence-corrected chi connectivity index (χ2v) is 7.29. The number of nitrogens with one attached hydrogen (secondary N) is 1. The fraction of sp³-hybridized carbons (Fsp3) is 0.278. The zero-order valence-corrected chi connectivity index (χ0v) is 14.5. The van der Waals surface area contributed by atoms with E-state index >= 15 is 0 Å². The summed E-state index contributed by atoms with van der Waals surface area (Å²) in [4.78, 5) is 28.2. The number of furan rings is 1. The predicted octanol–water partition coefficient (Wildman–Crippen LogP) is 2.92. The minimum absolute atomic E-state index is 0.121. The number of hydrogen-bond acceptors (Lipinski definition) is 6. The summed E-state index contributed by atoms with van der Waals surface area (Å²) in [6, 6.07) is 11.0. The molecular weight excluding hydrogens is 356 g/mol. The monoisotopic (exact) mass is 372 g/mol. The van der Waals surface area contributed by atoms with Gasteiger partial charge in [-0.15, -0.1) is 11.3 Å². The standard InChI is InChI=1S/C18H16N2O5S/c21-15(22)9-18(7-8-24-10-18)20-16(23)12-5-6-13(25-12)17-19-11-3-1-2-4-14(11)26-17/h1-6H,7-10H2,(H,20,23)(H,21,22). The smallest absolute Gasteiger partial charge is 0.305 e. The van der Waals surface area contributed by atoms with Crippen molar-refractivity contribution in [3.8, 4) is 10.8 Å². The molecule has 8 heteroatoms. The lowest BCUT2D eigenvalue weighted by Gasteiger charge is -2.26. The highest BCUT2D eigenvalue weighted by Crippen LogP contribution is 2.31. The van der Waals surface area contributed by atoms with E-state index in [1.165, 1.54) is 11.3 Å². The molecule has 1 unspecified atom stereocenters. The molecule has 0 saturated carbocycles. The Hall–Kier alpha value is -2.71. The summed E-state index contributed by atoms with van der Waals surface area (Å²) in [6.07, 6.45) is 0.265. The lowest BCUT2D eigenvalue weighted by molar-refractivity contribution is -0.138. The maximum absolute atomic E-state index is 12.5. The van der Waals surface area contributed by atoms with E-state index in [4.69, 9.17) is 14.3 Å². The van der Waals surface area contributed by atoms with Crippen LogP contribution in [-0.2, 0) is 9.53 Å². The van der Waals surface area contributed by atoms with Crippen LogP contribution in [0.25, 0.3) is 21.0 Å². The van der Waals surface area contributed by atoms with E-state index in [9.17, 15) is 9.59 Å². The van der Waals surface area contributed by atoms with E-state index in [2.05, 4.69) is 10.3 Å². The lowest BCUT2D eigenvalue weighted by Crippen LogP contribution is -2.50. The minimum Gasteiger partial charge on any atom is -0.481 e. The number of fused-ring (bicyclic) bond motifs is 1. The summed E-state index contributed by atoms with van der Waals surface area (Å²) in [6.45, 7) is 0.596. The molecular formula is C18H16N2O5S. The number of benzene rings is 1. The number of para-hydroxylation sites is 1. The van der Waals surface area contributed by atoms with Crippen LogP contribution in [0.5, 0.6) is 0 Å². The van der Waals surface area contributed by atoms with Gasteiger partial charge in [0.2, 0.25) is 0 Å². The molecule has 3 aromatic rings. The number of thiazole rings is 1. The Morgan fingerprint density at radius 2 is 2.12 bits per heavy atom. The van der Waals surface area contributed by atoms with Crippen molar-refractivity contribution in [2.24, 2.45) is 0 Å². The first kappa shape index (κ1) is 16.7. The van der Waals surface area contributed by atoms with Gasteiger partial charge in [0.1, 0.15) is 0 Å². The van der Waals surface area contributed by atoms with Gasteiger partial charge in [-0.05, 0) is 30.7 Å². The van der Waals surface area contributed by atoms with E-state index in [1.54, 1.807) is 12.1 Å². The second kappa shape index (κ2) is 6.54. The Morgan fingerprint density at radius 3 is 2.85 bits per heavy atom. The molecule has 1 aliphatic rings. The summed E-state index contributed by atoms with van der Waals surface area (Å²) in [7, 11) is 0. The zero-order valence-electron chi connectivity index (χ0n) is 13.7. The number of nitrogens with zero attached hydrogens (tertiary/aromatic N) is 1. The quantitative estimate of drug-likeness (QED) is 0.714. The number of hydrogen-bond donors (Lipinski definition) is 2. The van der Waals surface area contributed by atoms with Crippen molar-refractivity contribution in [1.29, 1.82) is 0 Å². The molecule has 1 atom stereocenters. The zero-order chi connectivity index (χ0) is 18.1. The van der Waals surface area contributed by atoms with Crippen LogP contribution in [0.2, 0.25) is 0 Å². The molecule has 1 saturated heterocycles. The summed E-state index contributed by atoms with van der Waals surface area (Å²) in [5.41, 5.74) is -0.0236. The number of carbonyl (C=O) groups is 2. The van der Waals surface area contributed by atoms with Crippen molar-refractivity contribution in [2.75, 3.05) is 13.2 Å². The van der Waals surface area contributed by atoms with Crippen molar-refractivity contribution < 1.29 is 23.8 Å². The number of carboxylic acids is 1. The average molecular weight is 372 g/mol. The van der Waals surface area contributed by atoms with Crippen LogP contribution >= 0.6 is 11.3 Å². The van der Waals surface area contributed by atoms with Gasteiger partial charge in [-0.2, -0.15) is 0 Å². The van der Waals surface area contributed by atoms with E-state index in [-0.39, 0.29) is 18.8 Å². The van der Waals surface area contributed by atoms with Crippen molar-refractivity contribution in [3.63, 3.8) is 0 Å². The summed E-state index contributed by atoms with van der Waals surface area (Å²) in [5, 5.41) is 12.6. The molecule has 4 rings (SSSR count). The Bertz CT molecular complexity index is 938. The van der Waals surface area contributed by atoms with Crippen LogP contribution in [0.4, 0.5) is 0 Å². The molecule has 1 amide bonds. The van der Waals surface area contributed by atoms with Crippen LogP contribution in [0.15, 0.2) is 40.8 Å². The molecule has 134 valence electrons. The lowest BCUT2D eigenvalue weighted by atomic mass is 9.94. The third kappa shape index (κ3) is 3.21. The summed E-state index contributed by atoms with van der Waals surface area (Å²) >= 11 is 1.48. The van der Waals surface area contributed by atoms with Gasteiger partial charge >= 0.3 is 5.97 Å². The van der Waals surface area contributed by atoms with Crippen LogP contribution < -0.4 is 5.32 Å². The van der Waals surface area contributed by atoms with E-state index < -0.39 is 17.4 Å². The van der Waals surface area contributed by atoms with Crippen molar-refractivity contribution in [2.45, 2.75) is 18.4 Å². The number of carboxylic acid groups (broad SMARTS) is 1. The van der Waals surface area contributed by atoms with Gasteiger partial charge < -0.3 is 19.6 Å². The average Bonchev–Trinajstić information content (AvgIpc) is 3.33. The van der Waals surface area contributed by atoms with E-state index in [0.29, 0.717) is 23.8 Å². The highest BCUT2D eigenvalue weighted by molar-refractivity contribution is 7.21. The Balaban J connectivity index is 1.55. The molecule has 1 fully saturated rings. The first-order valence-corrected chi connectivity index (χ1v) is 8.94. The molecule has 7 nitrogen and oxygen atoms in total. The van der Waals surface area contributed by atoms with E-state index in [0.717, 1.165) is 10.2 Å². The van der Waals surface area contributed by atoms with Crippen LogP contribution in [0.1, 0.15) is 23.4 Å². The minimum atomic E-state index is -0.981. The number of carbonyl (C=O) groups excluding carboxylic acids is 1. The number of amides is 1. The van der Waals surface area contributed by atoms with Gasteiger partial charge in [-0.25, -0.2) is 4.98 Å². The molecule has 0 aliphatic carbocycles. The Morgan fingerprint density at radius 1 is 1.27 bits per heavy atom. The van der Waals surface area contributed by atoms with Crippen molar-refractivity contribution >= 4 is 33.4 Å². The molecule has 1 aliphatic heterocycles.